The fourth-order valence-electron chi connectivity index (χ4n) is 4.87. The van der Waals surface area contributed by atoms with Gasteiger partial charge >= 0.3 is 0 Å². The van der Waals surface area contributed by atoms with Crippen molar-refractivity contribution in [2.24, 2.45) is 0 Å². The van der Waals surface area contributed by atoms with E-state index in [1.165, 1.54) is 10.8 Å². The summed E-state index contributed by atoms with van der Waals surface area (Å²) in [6, 6.07) is 44.3. The molecule has 0 radical (unpaired) electrons. The Morgan fingerprint density at radius 3 is 2.09 bits per heavy atom. The fourth-order valence-corrected chi connectivity index (χ4v) is 4.87. The number of hydrogen-bond acceptors (Lipinski definition) is 2. The molecule has 0 atom stereocenters. The molecule has 0 aliphatic rings. The predicted octanol–water partition coefficient (Wildman–Crippen LogP) is 8.06. The number of para-hydroxylation sites is 2. The quantitative estimate of drug-likeness (QED) is 0.256. The topological polar surface area (TPSA) is 30.7 Å². The number of hydrogen-bond donors (Lipinski definition) is 0. The van der Waals surface area contributed by atoms with Gasteiger partial charge in [-0.3, -0.25) is 4.57 Å². The maximum atomic E-state index is 5.06. The molecular formula is C32H21N3. The SMILES string of the molecule is c1ccc(-c2nc3ccccc3n2-c2ccc(-c3ccc4ccc5ccccc5c4n3)cc2)cc1. The smallest absolute Gasteiger partial charge is 0.145 e. The molecule has 3 nitrogen and oxygen atoms in total. The van der Waals surface area contributed by atoms with E-state index in [-0.39, 0.29) is 0 Å². The number of benzene rings is 5. The van der Waals surface area contributed by atoms with Crippen LogP contribution in [0.2, 0.25) is 0 Å². The lowest BCUT2D eigenvalue weighted by Gasteiger charge is -2.11. The van der Waals surface area contributed by atoms with Crippen LogP contribution in [0.5, 0.6) is 0 Å². The van der Waals surface area contributed by atoms with Crippen molar-refractivity contribution in [2.75, 3.05) is 0 Å². The first-order valence-corrected chi connectivity index (χ1v) is 11.8. The third kappa shape index (κ3) is 3.29. The van der Waals surface area contributed by atoms with E-state index in [1.54, 1.807) is 0 Å². The molecule has 0 aliphatic heterocycles. The molecule has 0 N–H and O–H groups in total. The second kappa shape index (κ2) is 7.93. The lowest BCUT2D eigenvalue weighted by atomic mass is 10.0. The summed E-state index contributed by atoms with van der Waals surface area (Å²) < 4.78 is 2.23. The third-order valence-corrected chi connectivity index (χ3v) is 6.60. The first-order chi connectivity index (χ1) is 17.3. The van der Waals surface area contributed by atoms with Gasteiger partial charge in [0.1, 0.15) is 5.82 Å². The monoisotopic (exact) mass is 447 g/mol. The Labute approximate surface area is 203 Å². The first kappa shape index (κ1) is 19.7. The Hall–Kier alpha value is -4.76. The molecule has 2 aromatic heterocycles. The zero-order valence-electron chi connectivity index (χ0n) is 19.0. The van der Waals surface area contributed by atoms with E-state index in [2.05, 4.69) is 120 Å². The second-order valence-corrected chi connectivity index (χ2v) is 8.73. The van der Waals surface area contributed by atoms with Gasteiger partial charge in [-0.05, 0) is 35.7 Å². The molecule has 0 aliphatic carbocycles. The number of fused-ring (bicyclic) bond motifs is 4. The molecule has 0 amide bonds. The van der Waals surface area contributed by atoms with Gasteiger partial charge in [-0.15, -0.1) is 0 Å². The van der Waals surface area contributed by atoms with Crippen LogP contribution >= 0.6 is 0 Å². The van der Waals surface area contributed by atoms with E-state index < -0.39 is 0 Å². The summed E-state index contributed by atoms with van der Waals surface area (Å²) in [6.07, 6.45) is 0. The highest BCUT2D eigenvalue weighted by Crippen LogP contribution is 2.31. The van der Waals surface area contributed by atoms with Gasteiger partial charge in [0.05, 0.1) is 22.2 Å². The number of aromatic nitrogens is 3. The number of pyridine rings is 1. The minimum atomic E-state index is 0.940. The van der Waals surface area contributed by atoms with Crippen molar-refractivity contribution >= 4 is 32.7 Å². The maximum absolute atomic E-state index is 5.06. The van der Waals surface area contributed by atoms with Crippen LogP contribution in [-0.4, -0.2) is 14.5 Å². The van der Waals surface area contributed by atoms with Crippen LogP contribution < -0.4 is 0 Å². The van der Waals surface area contributed by atoms with Crippen molar-refractivity contribution in [3.05, 3.63) is 127 Å². The fraction of sp³-hybridized carbons (Fsp3) is 0. The third-order valence-electron chi connectivity index (χ3n) is 6.60. The van der Waals surface area contributed by atoms with E-state index >= 15 is 0 Å². The largest absolute Gasteiger partial charge is 0.292 e. The Kier molecular flexibility index (Phi) is 4.46. The summed E-state index contributed by atoms with van der Waals surface area (Å²) >= 11 is 0. The van der Waals surface area contributed by atoms with Crippen molar-refractivity contribution in [2.45, 2.75) is 0 Å². The number of nitrogens with zero attached hydrogens (tertiary/aromatic N) is 3. The Morgan fingerprint density at radius 2 is 1.20 bits per heavy atom. The van der Waals surface area contributed by atoms with E-state index in [0.29, 0.717) is 0 Å². The van der Waals surface area contributed by atoms with Gasteiger partial charge in [-0.25, -0.2) is 9.97 Å². The van der Waals surface area contributed by atoms with Crippen molar-refractivity contribution < 1.29 is 0 Å². The van der Waals surface area contributed by atoms with Crippen LogP contribution in [0.25, 0.3) is 61.0 Å². The van der Waals surface area contributed by atoms with Gasteiger partial charge in [0.15, 0.2) is 0 Å². The normalized spacial score (nSPS) is 11.4. The van der Waals surface area contributed by atoms with Crippen LogP contribution in [0, 0.1) is 0 Å². The molecule has 2 heterocycles. The highest BCUT2D eigenvalue weighted by atomic mass is 15.1. The molecule has 0 bridgehead atoms. The van der Waals surface area contributed by atoms with Crippen LogP contribution in [0.1, 0.15) is 0 Å². The van der Waals surface area contributed by atoms with Crippen LogP contribution in [0.3, 0.4) is 0 Å². The lowest BCUT2D eigenvalue weighted by molar-refractivity contribution is 1.10. The Morgan fingerprint density at radius 1 is 0.486 bits per heavy atom. The van der Waals surface area contributed by atoms with Crippen molar-refractivity contribution in [1.29, 1.82) is 0 Å². The van der Waals surface area contributed by atoms with Crippen LogP contribution in [0.4, 0.5) is 0 Å². The maximum Gasteiger partial charge on any atom is 0.145 e. The molecule has 7 aromatic rings. The van der Waals surface area contributed by atoms with E-state index in [9.17, 15) is 0 Å². The van der Waals surface area contributed by atoms with Crippen molar-refractivity contribution in [3.8, 4) is 28.3 Å². The summed E-state index contributed by atoms with van der Waals surface area (Å²) in [6.45, 7) is 0. The molecule has 35 heavy (non-hydrogen) atoms. The van der Waals surface area contributed by atoms with E-state index in [1.807, 2.05) is 12.1 Å². The lowest BCUT2D eigenvalue weighted by Crippen LogP contribution is -1.97. The summed E-state index contributed by atoms with van der Waals surface area (Å²) in [5.74, 6) is 0.940. The molecule has 0 saturated heterocycles. The minimum Gasteiger partial charge on any atom is -0.292 e. The standard InChI is InChI=1S/C32H21N3/c1-2-9-25(10-3-1)32-34-29-12-6-7-13-30(29)35(32)26-19-16-23(17-20-26)28-21-18-24-15-14-22-8-4-5-11-27(22)31(24)33-28/h1-21H. The summed E-state index contributed by atoms with van der Waals surface area (Å²) in [7, 11) is 0. The molecule has 0 saturated carbocycles. The molecule has 3 heteroatoms. The molecule has 164 valence electrons. The summed E-state index contributed by atoms with van der Waals surface area (Å²) in [4.78, 5) is 10.0. The molecule has 0 unspecified atom stereocenters. The molecule has 0 spiro atoms. The van der Waals surface area contributed by atoms with Crippen molar-refractivity contribution in [3.63, 3.8) is 0 Å². The van der Waals surface area contributed by atoms with Gasteiger partial charge in [-0.2, -0.15) is 0 Å². The second-order valence-electron chi connectivity index (χ2n) is 8.73. The van der Waals surface area contributed by atoms with Gasteiger partial charge in [0, 0.05) is 27.6 Å². The van der Waals surface area contributed by atoms with Gasteiger partial charge in [-0.1, -0.05) is 97.1 Å². The summed E-state index contributed by atoms with van der Waals surface area (Å²) in [5, 5.41) is 3.54. The van der Waals surface area contributed by atoms with Gasteiger partial charge in [0.25, 0.3) is 0 Å². The number of rotatable bonds is 3. The Balaban J connectivity index is 1.36. The zero-order chi connectivity index (χ0) is 23.2. The average Bonchev–Trinajstić information content (AvgIpc) is 3.33. The highest BCUT2D eigenvalue weighted by Gasteiger charge is 2.14. The first-order valence-electron chi connectivity index (χ1n) is 11.8. The van der Waals surface area contributed by atoms with E-state index in [0.717, 1.165) is 50.3 Å². The van der Waals surface area contributed by atoms with Gasteiger partial charge in [0.2, 0.25) is 0 Å². The van der Waals surface area contributed by atoms with E-state index in [4.69, 9.17) is 9.97 Å². The molecule has 0 fully saturated rings. The van der Waals surface area contributed by atoms with Crippen LogP contribution in [-0.2, 0) is 0 Å². The highest BCUT2D eigenvalue weighted by molar-refractivity contribution is 6.05. The predicted molar refractivity (Wildman–Crippen MR) is 145 cm³/mol. The zero-order valence-corrected chi connectivity index (χ0v) is 19.0. The minimum absolute atomic E-state index is 0.940. The Bertz CT molecular complexity index is 1830. The van der Waals surface area contributed by atoms with Crippen LogP contribution in [0.15, 0.2) is 127 Å². The molecular weight excluding hydrogens is 426 g/mol. The average molecular weight is 448 g/mol. The molecule has 7 rings (SSSR count). The van der Waals surface area contributed by atoms with Gasteiger partial charge < -0.3 is 0 Å². The number of imidazole rings is 1. The summed E-state index contributed by atoms with van der Waals surface area (Å²) in [5.41, 5.74) is 7.35. The molecule has 5 aromatic carbocycles. The van der Waals surface area contributed by atoms with Crippen molar-refractivity contribution in [1.82, 2.24) is 14.5 Å².